The van der Waals surface area contributed by atoms with E-state index >= 15 is 0 Å². The van der Waals surface area contributed by atoms with Crippen molar-refractivity contribution in [2.75, 3.05) is 20.3 Å². The molecule has 0 amide bonds. The highest BCUT2D eigenvalue weighted by Gasteiger charge is 2.26. The lowest BCUT2D eigenvalue weighted by atomic mass is 9.97. The number of unbranched alkanes of at least 4 members (excludes halogenated alkanes) is 3. The van der Waals surface area contributed by atoms with Crippen molar-refractivity contribution in [3.05, 3.63) is 53.1 Å². The normalized spacial score (nSPS) is 15.3. The average molecular weight is 444 g/mol. The van der Waals surface area contributed by atoms with E-state index in [2.05, 4.69) is 0 Å². The van der Waals surface area contributed by atoms with Crippen LogP contribution in [0.3, 0.4) is 0 Å². The molecule has 1 unspecified atom stereocenters. The molecule has 0 fully saturated rings. The maximum atomic E-state index is 12.3. The second-order valence-corrected chi connectivity index (χ2v) is 7.92. The van der Waals surface area contributed by atoms with E-state index in [-0.39, 0.29) is 5.78 Å². The summed E-state index contributed by atoms with van der Waals surface area (Å²) in [7, 11) is 1.60. The highest BCUT2D eigenvalue weighted by atomic mass is 32.1. The quantitative estimate of drug-likeness (QED) is 0.406. The van der Waals surface area contributed by atoms with Crippen LogP contribution >= 0.6 is 12.2 Å². The molecule has 1 aliphatic heterocycles. The molecule has 2 aromatic carbocycles. The molecule has 3 rings (SSSR count). The van der Waals surface area contributed by atoms with Gasteiger partial charge in [-0.1, -0.05) is 12.2 Å². The SMILES string of the molecule is COc1cc2c(cc1OCCCCCCOc1ccc(C(N)=S)cc1)C(=O)C(C)OC2. The largest absolute Gasteiger partial charge is 0.494 e. The number of hydrogen-bond acceptors (Lipinski definition) is 6. The van der Waals surface area contributed by atoms with Crippen molar-refractivity contribution < 1.29 is 23.7 Å². The van der Waals surface area contributed by atoms with E-state index < -0.39 is 6.10 Å². The van der Waals surface area contributed by atoms with Crippen LogP contribution in [0.2, 0.25) is 0 Å². The topological polar surface area (TPSA) is 80.0 Å². The number of nitrogens with two attached hydrogens (primary N) is 1. The van der Waals surface area contributed by atoms with Gasteiger partial charge in [-0.15, -0.1) is 0 Å². The number of thiocarbonyl (C=S) groups is 1. The van der Waals surface area contributed by atoms with E-state index in [1.54, 1.807) is 20.1 Å². The predicted octanol–water partition coefficient (Wildman–Crippen LogP) is 4.45. The van der Waals surface area contributed by atoms with Crippen LogP contribution in [0.25, 0.3) is 0 Å². The van der Waals surface area contributed by atoms with Crippen LogP contribution < -0.4 is 19.9 Å². The number of benzene rings is 2. The van der Waals surface area contributed by atoms with E-state index in [9.17, 15) is 4.79 Å². The minimum atomic E-state index is -0.424. The molecule has 7 heteroatoms. The Bertz CT molecular complexity index is 913. The van der Waals surface area contributed by atoms with Gasteiger partial charge in [0.05, 0.1) is 26.9 Å². The number of carbonyl (C=O) groups excluding carboxylic acids is 1. The number of ether oxygens (including phenoxy) is 4. The minimum Gasteiger partial charge on any atom is -0.494 e. The fourth-order valence-electron chi connectivity index (χ4n) is 3.38. The van der Waals surface area contributed by atoms with E-state index in [0.717, 1.165) is 42.6 Å². The monoisotopic (exact) mass is 443 g/mol. The van der Waals surface area contributed by atoms with Crippen LogP contribution in [0, 0.1) is 0 Å². The van der Waals surface area contributed by atoms with Crippen LogP contribution in [-0.4, -0.2) is 37.2 Å². The molecule has 0 saturated heterocycles. The number of rotatable bonds is 11. The number of ketones is 1. The first kappa shape index (κ1) is 23.0. The van der Waals surface area contributed by atoms with Gasteiger partial charge in [-0.3, -0.25) is 4.79 Å². The van der Waals surface area contributed by atoms with E-state index in [0.29, 0.717) is 41.9 Å². The third-order valence-corrected chi connectivity index (χ3v) is 5.45. The molecule has 0 spiro atoms. The van der Waals surface area contributed by atoms with Crippen molar-refractivity contribution in [1.29, 1.82) is 0 Å². The molecule has 0 bridgehead atoms. The molecule has 1 heterocycles. The molecule has 0 aliphatic carbocycles. The summed E-state index contributed by atoms with van der Waals surface area (Å²) in [5, 5.41) is 0. The summed E-state index contributed by atoms with van der Waals surface area (Å²) in [6.07, 6.45) is 3.53. The molecular formula is C24H29NO5S. The van der Waals surface area contributed by atoms with Crippen molar-refractivity contribution in [2.24, 2.45) is 5.73 Å². The molecule has 2 aromatic rings. The van der Waals surface area contributed by atoms with Gasteiger partial charge >= 0.3 is 0 Å². The maximum Gasteiger partial charge on any atom is 0.191 e. The second-order valence-electron chi connectivity index (χ2n) is 7.48. The van der Waals surface area contributed by atoms with Gasteiger partial charge in [0.2, 0.25) is 0 Å². The lowest BCUT2D eigenvalue weighted by molar-refractivity contribution is 0.0335. The molecular weight excluding hydrogens is 414 g/mol. The van der Waals surface area contributed by atoms with Crippen LogP contribution in [0.15, 0.2) is 36.4 Å². The Morgan fingerprint density at radius 3 is 2.39 bits per heavy atom. The van der Waals surface area contributed by atoms with Crippen molar-refractivity contribution in [2.45, 2.75) is 45.3 Å². The molecule has 6 nitrogen and oxygen atoms in total. The van der Waals surface area contributed by atoms with Gasteiger partial charge in [-0.05, 0) is 74.6 Å². The summed E-state index contributed by atoms with van der Waals surface area (Å²) < 4.78 is 22.6. The van der Waals surface area contributed by atoms with Gasteiger partial charge in [0.1, 0.15) is 16.8 Å². The Hall–Kier alpha value is -2.64. The van der Waals surface area contributed by atoms with Crippen molar-refractivity contribution in [3.63, 3.8) is 0 Å². The lowest BCUT2D eigenvalue weighted by Gasteiger charge is -2.23. The predicted molar refractivity (Wildman–Crippen MR) is 123 cm³/mol. The first-order valence-corrected chi connectivity index (χ1v) is 10.9. The van der Waals surface area contributed by atoms with Gasteiger partial charge in [-0.25, -0.2) is 0 Å². The number of Topliss-reactive ketones (excluding diaryl/α,β-unsaturated/α-hetero) is 1. The standard InChI is InChI=1S/C24H29NO5S/c1-16-23(26)20-14-22(21(27-2)13-18(20)15-30-16)29-12-6-4-3-5-11-28-19-9-7-17(8-10-19)24(25)31/h7-10,13-14,16H,3-6,11-12,15H2,1-2H3,(H2,25,31). The first-order valence-electron chi connectivity index (χ1n) is 10.5. The minimum absolute atomic E-state index is 0.0193. The Balaban J connectivity index is 1.37. The molecule has 1 aliphatic rings. The number of methoxy groups -OCH3 is 1. The number of hydrogen-bond donors (Lipinski definition) is 1. The van der Waals surface area contributed by atoms with Crippen LogP contribution in [0.4, 0.5) is 0 Å². The smallest absolute Gasteiger partial charge is 0.191 e. The number of fused-ring (bicyclic) bond motifs is 1. The molecule has 0 radical (unpaired) electrons. The van der Waals surface area contributed by atoms with Crippen LogP contribution in [0.1, 0.15) is 54.1 Å². The summed E-state index contributed by atoms with van der Waals surface area (Å²) in [5.41, 5.74) is 7.93. The maximum absolute atomic E-state index is 12.3. The van der Waals surface area contributed by atoms with E-state index in [4.69, 9.17) is 36.9 Å². The molecule has 0 saturated carbocycles. The first-order chi connectivity index (χ1) is 15.0. The average Bonchev–Trinajstić information content (AvgIpc) is 2.78. The lowest BCUT2D eigenvalue weighted by Crippen LogP contribution is -2.27. The van der Waals surface area contributed by atoms with Crippen LogP contribution in [-0.2, 0) is 11.3 Å². The van der Waals surface area contributed by atoms with Crippen LogP contribution in [0.5, 0.6) is 17.2 Å². The summed E-state index contributed by atoms with van der Waals surface area (Å²) in [6, 6.07) is 11.1. The van der Waals surface area contributed by atoms with Gasteiger partial charge in [0.15, 0.2) is 17.3 Å². The Morgan fingerprint density at radius 1 is 1.06 bits per heavy atom. The molecule has 31 heavy (non-hydrogen) atoms. The van der Waals surface area contributed by atoms with E-state index in [1.807, 2.05) is 30.3 Å². The fourth-order valence-corrected chi connectivity index (χ4v) is 3.51. The third kappa shape index (κ3) is 6.18. The van der Waals surface area contributed by atoms with E-state index in [1.165, 1.54) is 0 Å². The summed E-state index contributed by atoms with van der Waals surface area (Å²) >= 11 is 4.94. The van der Waals surface area contributed by atoms with Crippen molar-refractivity contribution in [3.8, 4) is 17.2 Å². The zero-order valence-electron chi connectivity index (χ0n) is 18.0. The molecule has 1 atom stereocenters. The zero-order chi connectivity index (χ0) is 22.2. The Kier molecular flexibility index (Phi) is 8.26. The highest BCUT2D eigenvalue weighted by Crippen LogP contribution is 2.34. The van der Waals surface area contributed by atoms with Gasteiger partial charge in [0, 0.05) is 11.1 Å². The van der Waals surface area contributed by atoms with Crippen molar-refractivity contribution >= 4 is 23.0 Å². The third-order valence-electron chi connectivity index (χ3n) is 5.22. The fraction of sp³-hybridized carbons (Fsp3) is 0.417. The highest BCUT2D eigenvalue weighted by molar-refractivity contribution is 7.80. The van der Waals surface area contributed by atoms with Gasteiger partial charge < -0.3 is 24.7 Å². The Labute approximate surface area is 188 Å². The summed E-state index contributed by atoms with van der Waals surface area (Å²) in [4.78, 5) is 12.7. The number of carbonyl (C=O) groups is 1. The van der Waals surface area contributed by atoms with Gasteiger partial charge in [0.25, 0.3) is 0 Å². The van der Waals surface area contributed by atoms with Gasteiger partial charge in [-0.2, -0.15) is 0 Å². The summed E-state index contributed by atoms with van der Waals surface area (Å²) in [6.45, 7) is 3.40. The Morgan fingerprint density at radius 2 is 1.74 bits per heavy atom. The summed E-state index contributed by atoms with van der Waals surface area (Å²) in [5.74, 6) is 2.03. The second kappa shape index (κ2) is 11.1. The van der Waals surface area contributed by atoms with Crippen molar-refractivity contribution in [1.82, 2.24) is 0 Å². The molecule has 2 N–H and O–H groups in total. The molecule has 166 valence electrons. The molecule has 0 aromatic heterocycles. The zero-order valence-corrected chi connectivity index (χ0v) is 18.8.